The molecule has 6 heteroatoms. The van der Waals surface area contributed by atoms with Crippen LogP contribution in [0.3, 0.4) is 0 Å². The number of piperidine rings is 1. The molecule has 0 aliphatic carbocycles. The number of amides is 2. The van der Waals surface area contributed by atoms with E-state index in [0.717, 1.165) is 44.6 Å². The van der Waals surface area contributed by atoms with E-state index < -0.39 is 0 Å². The van der Waals surface area contributed by atoms with Crippen molar-refractivity contribution in [3.8, 4) is 0 Å². The van der Waals surface area contributed by atoms with E-state index in [4.69, 9.17) is 5.11 Å². The van der Waals surface area contributed by atoms with Gasteiger partial charge in [0.15, 0.2) is 0 Å². The molecule has 0 spiro atoms. The van der Waals surface area contributed by atoms with Crippen LogP contribution >= 0.6 is 0 Å². The number of nitrogens with one attached hydrogen (secondary N) is 2. The minimum absolute atomic E-state index is 0.0893. The predicted molar refractivity (Wildman–Crippen MR) is 90.0 cm³/mol. The number of urea groups is 1. The van der Waals surface area contributed by atoms with Gasteiger partial charge >= 0.3 is 6.03 Å². The van der Waals surface area contributed by atoms with Crippen LogP contribution in [-0.2, 0) is 6.54 Å². The van der Waals surface area contributed by atoms with Crippen molar-refractivity contribution in [2.75, 3.05) is 19.7 Å². The molecule has 2 heterocycles. The maximum atomic E-state index is 11.9. The highest BCUT2D eigenvalue weighted by Crippen LogP contribution is 2.12. The van der Waals surface area contributed by atoms with Crippen molar-refractivity contribution in [3.63, 3.8) is 0 Å². The van der Waals surface area contributed by atoms with Crippen molar-refractivity contribution < 1.29 is 9.90 Å². The molecule has 1 aromatic heterocycles. The fourth-order valence-corrected chi connectivity index (χ4v) is 2.88. The Morgan fingerprint density at radius 1 is 1.43 bits per heavy atom. The average molecular weight is 320 g/mol. The summed E-state index contributed by atoms with van der Waals surface area (Å²) in [4.78, 5) is 18.7. The summed E-state index contributed by atoms with van der Waals surface area (Å²) in [5.74, 6) is 0. The van der Waals surface area contributed by atoms with Crippen LogP contribution in [0.25, 0.3) is 0 Å². The standard InChI is InChI=1S/C17H28N4O2/c1-14(5-4-12-22)19-17(23)20-15-7-10-21(11-8-15)13-16-6-2-3-9-18-16/h2-3,6,9,14-15,22H,4-5,7-8,10-13H2,1H3,(H2,19,20,23). The number of nitrogens with zero attached hydrogens (tertiary/aromatic N) is 2. The molecule has 6 nitrogen and oxygen atoms in total. The quantitative estimate of drug-likeness (QED) is 0.711. The topological polar surface area (TPSA) is 77.5 Å². The Morgan fingerprint density at radius 2 is 2.22 bits per heavy atom. The van der Waals surface area contributed by atoms with Gasteiger partial charge in [0.05, 0.1) is 5.69 Å². The molecule has 1 aromatic rings. The van der Waals surface area contributed by atoms with Gasteiger partial charge in [-0.3, -0.25) is 9.88 Å². The Morgan fingerprint density at radius 3 is 2.87 bits per heavy atom. The highest BCUT2D eigenvalue weighted by Gasteiger charge is 2.21. The van der Waals surface area contributed by atoms with E-state index in [1.807, 2.05) is 31.3 Å². The van der Waals surface area contributed by atoms with Gasteiger partial charge in [-0.1, -0.05) is 6.07 Å². The lowest BCUT2D eigenvalue weighted by atomic mass is 10.0. The Labute approximate surface area is 138 Å². The van der Waals surface area contributed by atoms with Crippen molar-refractivity contribution in [3.05, 3.63) is 30.1 Å². The molecular weight excluding hydrogens is 292 g/mol. The molecule has 1 aliphatic rings. The zero-order valence-corrected chi connectivity index (χ0v) is 13.9. The Hall–Kier alpha value is -1.66. The van der Waals surface area contributed by atoms with Crippen LogP contribution in [0, 0.1) is 0 Å². The molecule has 0 radical (unpaired) electrons. The minimum atomic E-state index is -0.0985. The number of aliphatic hydroxyl groups excluding tert-OH is 1. The summed E-state index contributed by atoms with van der Waals surface area (Å²) in [5.41, 5.74) is 1.09. The molecule has 1 saturated heterocycles. The second-order valence-corrected chi connectivity index (χ2v) is 6.26. The maximum Gasteiger partial charge on any atom is 0.315 e. The first-order valence-corrected chi connectivity index (χ1v) is 8.47. The van der Waals surface area contributed by atoms with E-state index in [1.165, 1.54) is 0 Å². The van der Waals surface area contributed by atoms with Gasteiger partial charge in [-0.2, -0.15) is 0 Å². The smallest absolute Gasteiger partial charge is 0.315 e. The molecular formula is C17H28N4O2. The van der Waals surface area contributed by atoms with E-state index >= 15 is 0 Å². The first-order chi connectivity index (χ1) is 11.2. The van der Waals surface area contributed by atoms with Crippen LogP contribution in [0.4, 0.5) is 4.79 Å². The van der Waals surface area contributed by atoms with Gasteiger partial charge in [-0.25, -0.2) is 4.79 Å². The molecule has 2 rings (SSSR count). The third kappa shape index (κ3) is 6.54. The monoisotopic (exact) mass is 320 g/mol. The Kier molecular flexibility index (Phi) is 7.29. The van der Waals surface area contributed by atoms with Gasteiger partial charge in [-0.05, 0) is 44.7 Å². The van der Waals surface area contributed by atoms with Gasteiger partial charge in [0, 0.05) is 44.5 Å². The van der Waals surface area contributed by atoms with E-state index in [-0.39, 0.29) is 24.7 Å². The lowest BCUT2D eigenvalue weighted by Gasteiger charge is -2.32. The molecule has 2 amide bonds. The summed E-state index contributed by atoms with van der Waals surface area (Å²) < 4.78 is 0. The predicted octanol–water partition coefficient (Wildman–Crippen LogP) is 1.51. The number of aromatic nitrogens is 1. The molecule has 1 aliphatic heterocycles. The van der Waals surface area contributed by atoms with Crippen molar-refractivity contribution in [2.45, 2.75) is 51.2 Å². The van der Waals surface area contributed by atoms with E-state index in [1.54, 1.807) is 0 Å². The van der Waals surface area contributed by atoms with Crippen molar-refractivity contribution in [1.29, 1.82) is 0 Å². The second-order valence-electron chi connectivity index (χ2n) is 6.26. The Balaban J connectivity index is 1.65. The van der Waals surface area contributed by atoms with Crippen LogP contribution in [0.2, 0.25) is 0 Å². The zero-order chi connectivity index (χ0) is 16.5. The number of rotatable bonds is 7. The molecule has 1 unspecified atom stereocenters. The van der Waals surface area contributed by atoms with Gasteiger partial charge in [0.2, 0.25) is 0 Å². The van der Waals surface area contributed by atoms with Crippen molar-refractivity contribution >= 4 is 6.03 Å². The second kappa shape index (κ2) is 9.47. The lowest BCUT2D eigenvalue weighted by molar-refractivity contribution is 0.184. The third-order valence-electron chi connectivity index (χ3n) is 4.21. The number of hydrogen-bond donors (Lipinski definition) is 3. The summed E-state index contributed by atoms with van der Waals surface area (Å²) in [5, 5.41) is 14.8. The van der Waals surface area contributed by atoms with Crippen molar-refractivity contribution in [2.24, 2.45) is 0 Å². The van der Waals surface area contributed by atoms with Gasteiger partial charge in [0.25, 0.3) is 0 Å². The molecule has 128 valence electrons. The molecule has 0 aromatic carbocycles. The SMILES string of the molecule is CC(CCCO)NC(=O)NC1CCN(Cc2ccccn2)CC1. The first-order valence-electron chi connectivity index (χ1n) is 8.47. The zero-order valence-electron chi connectivity index (χ0n) is 13.9. The molecule has 23 heavy (non-hydrogen) atoms. The number of carbonyl (C=O) groups excluding carboxylic acids is 1. The fraction of sp³-hybridized carbons (Fsp3) is 0.647. The van der Waals surface area contributed by atoms with Crippen LogP contribution < -0.4 is 10.6 Å². The largest absolute Gasteiger partial charge is 0.396 e. The van der Waals surface area contributed by atoms with Crippen LogP contribution in [0.15, 0.2) is 24.4 Å². The number of pyridine rings is 1. The summed E-state index contributed by atoms with van der Waals surface area (Å²) in [6.45, 7) is 4.95. The molecule has 3 N–H and O–H groups in total. The maximum absolute atomic E-state index is 11.9. The van der Waals surface area contributed by atoms with Gasteiger partial charge < -0.3 is 15.7 Å². The molecule has 1 atom stereocenters. The van der Waals surface area contributed by atoms with E-state index in [0.29, 0.717) is 6.42 Å². The van der Waals surface area contributed by atoms with Crippen LogP contribution in [0.1, 0.15) is 38.3 Å². The normalized spacial score (nSPS) is 17.7. The summed E-state index contributed by atoms with van der Waals surface area (Å²) in [6, 6.07) is 6.22. The van der Waals surface area contributed by atoms with Crippen LogP contribution in [-0.4, -0.2) is 52.8 Å². The minimum Gasteiger partial charge on any atom is -0.396 e. The fourth-order valence-electron chi connectivity index (χ4n) is 2.88. The third-order valence-corrected chi connectivity index (χ3v) is 4.21. The summed E-state index contributed by atoms with van der Waals surface area (Å²) >= 11 is 0. The van der Waals surface area contributed by atoms with Gasteiger partial charge in [0.1, 0.15) is 0 Å². The summed E-state index contributed by atoms with van der Waals surface area (Å²) in [6.07, 6.45) is 5.27. The Bertz CT molecular complexity index is 461. The average Bonchev–Trinajstić information content (AvgIpc) is 2.55. The summed E-state index contributed by atoms with van der Waals surface area (Å²) in [7, 11) is 0. The van der Waals surface area contributed by atoms with E-state index in [2.05, 4.69) is 20.5 Å². The molecule has 0 saturated carbocycles. The van der Waals surface area contributed by atoms with E-state index in [9.17, 15) is 4.79 Å². The number of hydrogen-bond acceptors (Lipinski definition) is 4. The van der Waals surface area contributed by atoms with Crippen molar-refractivity contribution in [1.82, 2.24) is 20.5 Å². The molecule has 0 bridgehead atoms. The lowest BCUT2D eigenvalue weighted by Crippen LogP contribution is -2.49. The molecule has 1 fully saturated rings. The highest BCUT2D eigenvalue weighted by atomic mass is 16.3. The van der Waals surface area contributed by atoms with Crippen LogP contribution in [0.5, 0.6) is 0 Å². The number of likely N-dealkylation sites (tertiary alicyclic amines) is 1. The van der Waals surface area contributed by atoms with Gasteiger partial charge in [-0.15, -0.1) is 0 Å². The first kappa shape index (κ1) is 17.7. The number of carbonyl (C=O) groups is 1. The highest BCUT2D eigenvalue weighted by molar-refractivity contribution is 5.74. The number of aliphatic hydroxyl groups is 1.